The number of carbonyl (C=O) groups is 1. The van der Waals surface area contributed by atoms with Crippen LogP contribution < -0.4 is 5.32 Å². The topological polar surface area (TPSA) is 71.3 Å². The van der Waals surface area contributed by atoms with Gasteiger partial charge >= 0.3 is 0 Å². The Hall–Kier alpha value is -2.44. The molecule has 7 heteroatoms. The molecule has 0 spiro atoms. The number of nitrogens with one attached hydrogen (secondary N) is 1. The number of rotatable bonds is 2. The number of aryl methyl sites for hydroxylation is 2. The molecule has 3 heterocycles. The SMILES string of the molecule is Cc1ccc(-c2cc(C(=O)N3CCNCC3C)c3c(C)noc3n2)cc1.Cl. The van der Waals surface area contributed by atoms with Gasteiger partial charge in [0, 0.05) is 31.2 Å². The smallest absolute Gasteiger partial charge is 0.259 e. The molecule has 3 aromatic rings. The summed E-state index contributed by atoms with van der Waals surface area (Å²) in [5.74, 6) is 0.00561. The number of pyridine rings is 1. The van der Waals surface area contributed by atoms with E-state index in [1.54, 1.807) is 0 Å². The second-order valence-corrected chi connectivity index (χ2v) is 6.92. The number of piperazine rings is 1. The number of aromatic nitrogens is 2. The van der Waals surface area contributed by atoms with E-state index in [1.165, 1.54) is 5.56 Å². The van der Waals surface area contributed by atoms with Crippen molar-refractivity contribution in [3.8, 4) is 11.3 Å². The molecule has 142 valence electrons. The van der Waals surface area contributed by atoms with Crippen molar-refractivity contribution in [1.29, 1.82) is 0 Å². The van der Waals surface area contributed by atoms with Gasteiger partial charge in [-0.1, -0.05) is 35.0 Å². The predicted octanol–water partition coefficient (Wildman–Crippen LogP) is 3.36. The zero-order valence-electron chi connectivity index (χ0n) is 15.7. The molecule has 1 amide bonds. The summed E-state index contributed by atoms with van der Waals surface area (Å²) in [7, 11) is 0. The van der Waals surface area contributed by atoms with Gasteiger partial charge in [0.1, 0.15) is 0 Å². The zero-order valence-corrected chi connectivity index (χ0v) is 16.5. The summed E-state index contributed by atoms with van der Waals surface area (Å²) < 4.78 is 5.40. The number of carbonyl (C=O) groups excluding carboxylic acids is 1. The molecule has 1 aromatic carbocycles. The van der Waals surface area contributed by atoms with Crippen molar-refractivity contribution in [2.24, 2.45) is 0 Å². The monoisotopic (exact) mass is 386 g/mol. The number of hydrogen-bond donors (Lipinski definition) is 1. The lowest BCUT2D eigenvalue weighted by Crippen LogP contribution is -2.52. The van der Waals surface area contributed by atoms with Gasteiger partial charge in [-0.2, -0.15) is 0 Å². The van der Waals surface area contributed by atoms with Crippen LogP contribution in [0.1, 0.15) is 28.5 Å². The van der Waals surface area contributed by atoms with E-state index in [0.717, 1.165) is 24.3 Å². The Kier molecular flexibility index (Phi) is 5.48. The standard InChI is InChI=1S/C20H22N4O2.ClH/c1-12-4-6-15(7-5-12)17-10-16(18-14(3)23-26-19(18)22-17)20(25)24-9-8-21-11-13(24)2;/h4-7,10,13,21H,8-9,11H2,1-3H3;1H. The fourth-order valence-electron chi connectivity index (χ4n) is 3.43. The number of nitrogens with zero attached hydrogens (tertiary/aromatic N) is 3. The first-order chi connectivity index (χ1) is 12.5. The first-order valence-electron chi connectivity index (χ1n) is 8.90. The van der Waals surface area contributed by atoms with Crippen molar-refractivity contribution in [3.05, 3.63) is 47.2 Å². The van der Waals surface area contributed by atoms with E-state index in [4.69, 9.17) is 4.52 Å². The molecule has 0 saturated carbocycles. The highest BCUT2D eigenvalue weighted by Gasteiger charge is 2.28. The molecule has 6 nitrogen and oxygen atoms in total. The van der Waals surface area contributed by atoms with Crippen LogP contribution in [0.25, 0.3) is 22.4 Å². The van der Waals surface area contributed by atoms with Crippen molar-refractivity contribution in [2.45, 2.75) is 26.8 Å². The van der Waals surface area contributed by atoms with Crippen molar-refractivity contribution in [3.63, 3.8) is 0 Å². The van der Waals surface area contributed by atoms with E-state index in [1.807, 2.05) is 49.1 Å². The van der Waals surface area contributed by atoms with E-state index >= 15 is 0 Å². The maximum absolute atomic E-state index is 13.3. The van der Waals surface area contributed by atoms with Gasteiger partial charge in [0.2, 0.25) is 0 Å². The number of benzene rings is 1. The highest BCUT2D eigenvalue weighted by atomic mass is 35.5. The Morgan fingerprint density at radius 1 is 1.26 bits per heavy atom. The molecule has 1 saturated heterocycles. The minimum Gasteiger partial charge on any atom is -0.335 e. The second-order valence-electron chi connectivity index (χ2n) is 6.92. The second kappa shape index (κ2) is 7.66. The van der Waals surface area contributed by atoms with E-state index in [2.05, 4.69) is 22.4 Å². The van der Waals surface area contributed by atoms with Gasteiger partial charge in [0.15, 0.2) is 0 Å². The Morgan fingerprint density at radius 3 is 2.70 bits per heavy atom. The molecule has 0 bridgehead atoms. The summed E-state index contributed by atoms with van der Waals surface area (Å²) in [4.78, 5) is 19.8. The van der Waals surface area contributed by atoms with Gasteiger partial charge in [-0.05, 0) is 26.8 Å². The molecule has 27 heavy (non-hydrogen) atoms. The van der Waals surface area contributed by atoms with E-state index < -0.39 is 0 Å². The lowest BCUT2D eigenvalue weighted by Gasteiger charge is -2.34. The van der Waals surface area contributed by atoms with Gasteiger partial charge in [-0.15, -0.1) is 12.4 Å². The van der Waals surface area contributed by atoms with Crippen LogP contribution in [-0.4, -0.2) is 46.6 Å². The summed E-state index contributed by atoms with van der Waals surface area (Å²) >= 11 is 0. The van der Waals surface area contributed by atoms with Gasteiger partial charge in [-0.3, -0.25) is 4.79 Å². The van der Waals surface area contributed by atoms with Crippen LogP contribution in [0, 0.1) is 13.8 Å². The molecule has 4 rings (SSSR count). The van der Waals surface area contributed by atoms with Gasteiger partial charge < -0.3 is 14.7 Å². The summed E-state index contributed by atoms with van der Waals surface area (Å²) in [5.41, 5.74) is 4.56. The Balaban J connectivity index is 0.00000210. The lowest BCUT2D eigenvalue weighted by atomic mass is 10.0. The fraction of sp³-hybridized carbons (Fsp3) is 0.350. The first-order valence-corrected chi connectivity index (χ1v) is 8.90. The van der Waals surface area contributed by atoms with Crippen LogP contribution in [0.2, 0.25) is 0 Å². The Morgan fingerprint density at radius 2 is 2.00 bits per heavy atom. The zero-order chi connectivity index (χ0) is 18.3. The van der Waals surface area contributed by atoms with Crippen molar-refractivity contribution in [2.75, 3.05) is 19.6 Å². The molecule has 0 radical (unpaired) electrons. The highest BCUT2D eigenvalue weighted by molar-refractivity contribution is 6.07. The number of hydrogen-bond acceptors (Lipinski definition) is 5. The maximum Gasteiger partial charge on any atom is 0.259 e. The summed E-state index contributed by atoms with van der Waals surface area (Å²) in [6.45, 7) is 8.24. The largest absolute Gasteiger partial charge is 0.335 e. The quantitative estimate of drug-likeness (QED) is 0.731. The molecule has 1 aliphatic heterocycles. The molecule has 1 fully saturated rings. The van der Waals surface area contributed by atoms with Crippen LogP contribution in [0.5, 0.6) is 0 Å². The third kappa shape index (κ3) is 3.55. The predicted molar refractivity (Wildman–Crippen MR) is 107 cm³/mol. The molecular weight excluding hydrogens is 364 g/mol. The minimum atomic E-state index is 0. The molecule has 1 N–H and O–H groups in total. The van der Waals surface area contributed by atoms with Gasteiger partial charge in [0.25, 0.3) is 11.6 Å². The first kappa shape index (κ1) is 19.3. The van der Waals surface area contributed by atoms with Crippen LogP contribution in [-0.2, 0) is 0 Å². The third-order valence-electron chi connectivity index (χ3n) is 4.96. The van der Waals surface area contributed by atoms with E-state index in [-0.39, 0.29) is 24.4 Å². The molecule has 2 aromatic heterocycles. The molecule has 1 unspecified atom stereocenters. The normalized spacial score (nSPS) is 17.0. The fourth-order valence-corrected chi connectivity index (χ4v) is 3.43. The van der Waals surface area contributed by atoms with Crippen molar-refractivity contribution in [1.82, 2.24) is 20.4 Å². The number of halogens is 1. The molecule has 0 aliphatic carbocycles. The van der Waals surface area contributed by atoms with Crippen LogP contribution in [0.15, 0.2) is 34.9 Å². The van der Waals surface area contributed by atoms with Gasteiger partial charge in [0.05, 0.1) is 22.3 Å². The lowest BCUT2D eigenvalue weighted by molar-refractivity contribution is 0.0657. The third-order valence-corrected chi connectivity index (χ3v) is 4.96. The Labute approximate surface area is 164 Å². The average molecular weight is 387 g/mol. The number of fused-ring (bicyclic) bond motifs is 1. The van der Waals surface area contributed by atoms with Crippen LogP contribution in [0.4, 0.5) is 0 Å². The average Bonchev–Trinajstić information content (AvgIpc) is 3.02. The summed E-state index contributed by atoms with van der Waals surface area (Å²) in [5, 5.41) is 8.06. The summed E-state index contributed by atoms with van der Waals surface area (Å²) in [6, 6.07) is 10.1. The van der Waals surface area contributed by atoms with Gasteiger partial charge in [-0.25, -0.2) is 4.98 Å². The highest BCUT2D eigenvalue weighted by Crippen LogP contribution is 2.28. The summed E-state index contributed by atoms with van der Waals surface area (Å²) in [6.07, 6.45) is 0. The van der Waals surface area contributed by atoms with E-state index in [9.17, 15) is 4.79 Å². The van der Waals surface area contributed by atoms with Crippen molar-refractivity contribution >= 4 is 29.4 Å². The van der Waals surface area contributed by atoms with E-state index in [0.29, 0.717) is 28.9 Å². The molecule has 1 atom stereocenters. The minimum absolute atomic E-state index is 0. The number of amides is 1. The molecular formula is C20H23ClN4O2. The maximum atomic E-state index is 13.3. The van der Waals surface area contributed by atoms with Crippen molar-refractivity contribution < 1.29 is 9.32 Å². The van der Waals surface area contributed by atoms with Crippen LogP contribution in [0.3, 0.4) is 0 Å². The Bertz CT molecular complexity index is 968. The molecule has 1 aliphatic rings. The van der Waals surface area contributed by atoms with Crippen LogP contribution >= 0.6 is 12.4 Å².